The van der Waals surface area contributed by atoms with Gasteiger partial charge in [0.15, 0.2) is 0 Å². The third-order valence-corrected chi connectivity index (χ3v) is 0.716. The van der Waals surface area contributed by atoms with Crippen LogP contribution in [0.2, 0.25) is 0 Å². The zero-order valence-electron chi connectivity index (χ0n) is 6.64. The molecule has 0 saturated heterocycles. The van der Waals surface area contributed by atoms with Gasteiger partial charge in [-0.3, -0.25) is 4.79 Å². The molecule has 0 atom stereocenters. The van der Waals surface area contributed by atoms with Crippen LogP contribution in [0.3, 0.4) is 0 Å². The summed E-state index contributed by atoms with van der Waals surface area (Å²) in [6.45, 7) is 8.61. The van der Waals surface area contributed by atoms with Gasteiger partial charge in [-0.2, -0.15) is 0 Å². The number of carbonyl (C=O) groups excluding carboxylic acids is 1. The number of nitrogens with one attached hydrogen (secondary N) is 1. The molecule has 0 aliphatic heterocycles. The highest BCUT2D eigenvalue weighted by Crippen LogP contribution is 1.70. The highest BCUT2D eigenvalue weighted by atomic mass is 16.5. The normalized spacial score (nSPS) is 7.40. The molecule has 3 nitrogen and oxygen atoms in total. The summed E-state index contributed by atoms with van der Waals surface area (Å²) in [6.07, 6.45) is 0. The molecule has 1 amide bonds. The molecule has 0 rings (SSSR count). The van der Waals surface area contributed by atoms with Gasteiger partial charge >= 0.3 is 0 Å². The first-order valence-corrected chi connectivity index (χ1v) is 3.09. The van der Waals surface area contributed by atoms with Crippen molar-refractivity contribution in [3.63, 3.8) is 0 Å². The summed E-state index contributed by atoms with van der Waals surface area (Å²) in [4.78, 5) is 10.3. The lowest BCUT2D eigenvalue weighted by Crippen LogP contribution is -2.23. The highest BCUT2D eigenvalue weighted by Gasteiger charge is 1.92. The van der Waals surface area contributed by atoms with Crippen LogP contribution in [-0.2, 0) is 9.53 Å². The van der Waals surface area contributed by atoms with E-state index in [1.807, 2.05) is 6.92 Å². The molecule has 0 saturated carbocycles. The summed E-state index contributed by atoms with van der Waals surface area (Å²) in [5, 5.41) is 2.44. The molecule has 0 fully saturated rings. The highest BCUT2D eigenvalue weighted by molar-refractivity contribution is 5.76. The molecule has 10 heavy (non-hydrogen) atoms. The summed E-state index contributed by atoms with van der Waals surface area (Å²) in [5.74, 6) is -0.0770. The topological polar surface area (TPSA) is 38.3 Å². The van der Waals surface area contributed by atoms with Gasteiger partial charge in [0, 0.05) is 13.7 Å². The number of hydrogen-bond acceptors (Lipinski definition) is 2. The van der Waals surface area contributed by atoms with Gasteiger partial charge < -0.3 is 10.1 Å². The monoisotopic (exact) mass is 145 g/mol. The first-order chi connectivity index (χ1) is 4.81. The van der Waals surface area contributed by atoms with E-state index in [9.17, 15) is 4.79 Å². The molecule has 0 aromatic rings. The zero-order chi connectivity index (χ0) is 8.41. The molecular formula is C7H15NO2. The van der Waals surface area contributed by atoms with Gasteiger partial charge in [-0.05, 0) is 6.92 Å². The Hall–Kier alpha value is -0.830. The predicted octanol–water partition coefficient (Wildman–Crippen LogP) is 0.571. The van der Waals surface area contributed by atoms with Crippen LogP contribution in [0.25, 0.3) is 0 Å². The van der Waals surface area contributed by atoms with E-state index in [1.54, 1.807) is 7.05 Å². The second-order valence-corrected chi connectivity index (χ2v) is 1.31. The Kier molecular flexibility index (Phi) is 13.1. The number of rotatable bonds is 3. The van der Waals surface area contributed by atoms with Crippen LogP contribution in [0.15, 0.2) is 13.2 Å². The van der Waals surface area contributed by atoms with Crippen molar-refractivity contribution < 1.29 is 9.53 Å². The number of likely N-dealkylation sites (N-methyl/N-ethyl adjacent to an activating group) is 1. The van der Waals surface area contributed by atoms with Gasteiger partial charge in [0.1, 0.15) is 6.61 Å². The fourth-order valence-electron chi connectivity index (χ4n) is 0.267. The predicted molar refractivity (Wildman–Crippen MR) is 41.8 cm³/mol. The summed E-state index contributed by atoms with van der Waals surface area (Å²) >= 11 is 0. The maximum atomic E-state index is 10.3. The Bertz CT molecular complexity index is 83.7. The molecule has 60 valence electrons. The Morgan fingerprint density at radius 3 is 2.40 bits per heavy atom. The van der Waals surface area contributed by atoms with Crippen molar-refractivity contribution >= 4 is 5.91 Å². The minimum absolute atomic E-state index is 0.0770. The van der Waals surface area contributed by atoms with Crippen molar-refractivity contribution in [1.82, 2.24) is 5.32 Å². The molecule has 0 radical (unpaired) electrons. The minimum Gasteiger partial charge on any atom is -0.372 e. The van der Waals surface area contributed by atoms with Crippen LogP contribution in [-0.4, -0.2) is 26.2 Å². The standard InChI is InChI=1S/C5H11NO2.C2H4/c1-3-8-4-5(7)6-2;1-2/h3-4H2,1-2H3,(H,6,7);1-2H2. The quantitative estimate of drug-likeness (QED) is 0.590. The maximum absolute atomic E-state index is 10.3. The average Bonchev–Trinajstić information content (AvgIpc) is 2.04. The maximum Gasteiger partial charge on any atom is 0.245 e. The summed E-state index contributed by atoms with van der Waals surface area (Å²) < 4.78 is 4.77. The molecule has 0 aliphatic rings. The van der Waals surface area contributed by atoms with Crippen LogP contribution in [0.5, 0.6) is 0 Å². The van der Waals surface area contributed by atoms with Crippen LogP contribution >= 0.6 is 0 Å². The van der Waals surface area contributed by atoms with Crippen LogP contribution in [0.1, 0.15) is 6.92 Å². The Morgan fingerprint density at radius 2 is 2.10 bits per heavy atom. The third kappa shape index (κ3) is 10.2. The first kappa shape index (κ1) is 11.9. The minimum atomic E-state index is -0.0770. The van der Waals surface area contributed by atoms with Gasteiger partial charge in [-0.25, -0.2) is 0 Å². The fraction of sp³-hybridized carbons (Fsp3) is 0.571. The third-order valence-electron chi connectivity index (χ3n) is 0.716. The van der Waals surface area contributed by atoms with E-state index in [0.29, 0.717) is 6.61 Å². The van der Waals surface area contributed by atoms with Gasteiger partial charge in [0.25, 0.3) is 0 Å². The number of amides is 1. The molecule has 0 bridgehead atoms. The molecule has 0 spiro atoms. The van der Waals surface area contributed by atoms with E-state index in [0.717, 1.165) is 0 Å². The van der Waals surface area contributed by atoms with Crippen molar-refractivity contribution in [3.8, 4) is 0 Å². The second kappa shape index (κ2) is 11.0. The van der Waals surface area contributed by atoms with Crippen molar-refractivity contribution in [2.75, 3.05) is 20.3 Å². The molecule has 0 unspecified atom stereocenters. The van der Waals surface area contributed by atoms with Gasteiger partial charge in [0.2, 0.25) is 5.91 Å². The van der Waals surface area contributed by atoms with E-state index in [-0.39, 0.29) is 12.5 Å². The van der Waals surface area contributed by atoms with Crippen LogP contribution < -0.4 is 5.32 Å². The lowest BCUT2D eigenvalue weighted by atomic mass is 10.6. The molecule has 0 aliphatic carbocycles. The smallest absolute Gasteiger partial charge is 0.245 e. The van der Waals surface area contributed by atoms with Gasteiger partial charge in [-0.1, -0.05) is 0 Å². The zero-order valence-corrected chi connectivity index (χ0v) is 6.64. The van der Waals surface area contributed by atoms with Crippen molar-refractivity contribution in [2.45, 2.75) is 6.92 Å². The van der Waals surface area contributed by atoms with E-state index in [4.69, 9.17) is 4.74 Å². The van der Waals surface area contributed by atoms with Crippen LogP contribution in [0, 0.1) is 0 Å². The summed E-state index contributed by atoms with van der Waals surface area (Å²) in [7, 11) is 1.58. The fourth-order valence-corrected chi connectivity index (χ4v) is 0.267. The number of ether oxygens (including phenoxy) is 1. The van der Waals surface area contributed by atoms with E-state index in [2.05, 4.69) is 18.5 Å². The largest absolute Gasteiger partial charge is 0.372 e. The summed E-state index contributed by atoms with van der Waals surface area (Å²) in [5.41, 5.74) is 0. The Balaban J connectivity index is 0. The average molecular weight is 145 g/mol. The van der Waals surface area contributed by atoms with Crippen LogP contribution in [0.4, 0.5) is 0 Å². The van der Waals surface area contributed by atoms with Crippen molar-refractivity contribution in [3.05, 3.63) is 13.2 Å². The molecule has 0 heterocycles. The Morgan fingerprint density at radius 1 is 1.60 bits per heavy atom. The second-order valence-electron chi connectivity index (χ2n) is 1.31. The van der Waals surface area contributed by atoms with Gasteiger partial charge in [0.05, 0.1) is 0 Å². The van der Waals surface area contributed by atoms with E-state index in [1.165, 1.54) is 0 Å². The molecular weight excluding hydrogens is 130 g/mol. The summed E-state index contributed by atoms with van der Waals surface area (Å²) in [6, 6.07) is 0. The van der Waals surface area contributed by atoms with E-state index >= 15 is 0 Å². The lowest BCUT2D eigenvalue weighted by Gasteiger charge is -1.96. The Labute approximate surface area is 62.1 Å². The number of carbonyl (C=O) groups is 1. The lowest BCUT2D eigenvalue weighted by molar-refractivity contribution is -0.125. The molecule has 1 N–H and O–H groups in total. The molecule has 3 heteroatoms. The molecule has 0 aromatic carbocycles. The first-order valence-electron chi connectivity index (χ1n) is 3.09. The van der Waals surface area contributed by atoms with Crippen molar-refractivity contribution in [1.29, 1.82) is 0 Å². The SMILES string of the molecule is C=C.CCOCC(=O)NC. The van der Waals surface area contributed by atoms with Gasteiger partial charge in [-0.15, -0.1) is 13.2 Å². The number of hydrogen-bond donors (Lipinski definition) is 1. The molecule has 0 aromatic heterocycles. The van der Waals surface area contributed by atoms with E-state index < -0.39 is 0 Å². The van der Waals surface area contributed by atoms with Crippen molar-refractivity contribution in [2.24, 2.45) is 0 Å².